The molecule has 1 saturated heterocycles. The molecule has 1 amide bonds. The van der Waals surface area contributed by atoms with E-state index in [9.17, 15) is 13.6 Å². The molecule has 174 valence electrons. The van der Waals surface area contributed by atoms with Crippen molar-refractivity contribution in [1.82, 2.24) is 14.8 Å². The van der Waals surface area contributed by atoms with Gasteiger partial charge in [0, 0.05) is 18.0 Å². The van der Waals surface area contributed by atoms with Crippen molar-refractivity contribution < 1.29 is 18.3 Å². The van der Waals surface area contributed by atoms with Crippen LogP contribution in [0.4, 0.5) is 20.4 Å². The molecule has 1 fully saturated rings. The lowest BCUT2D eigenvalue weighted by Crippen LogP contribution is -2.37. The number of amides is 1. The topological polar surface area (TPSA) is 72.3 Å². The van der Waals surface area contributed by atoms with Gasteiger partial charge in [0.25, 0.3) is 5.76 Å². The zero-order valence-electron chi connectivity index (χ0n) is 17.9. The van der Waals surface area contributed by atoms with Gasteiger partial charge in [-0.05, 0) is 36.8 Å². The smallest absolute Gasteiger partial charge is 0.288 e. The van der Waals surface area contributed by atoms with Crippen LogP contribution >= 0.6 is 23.5 Å². The minimum absolute atomic E-state index is 0.0563. The molecule has 3 aromatic rings. The molecule has 0 bridgehead atoms. The maximum absolute atomic E-state index is 12.8. The third-order valence-electron chi connectivity index (χ3n) is 4.88. The van der Waals surface area contributed by atoms with Crippen molar-refractivity contribution in [3.8, 4) is 5.69 Å². The van der Waals surface area contributed by atoms with E-state index in [-0.39, 0.29) is 11.7 Å². The van der Waals surface area contributed by atoms with Crippen LogP contribution in [0.1, 0.15) is 5.56 Å². The predicted molar refractivity (Wildman–Crippen MR) is 127 cm³/mol. The van der Waals surface area contributed by atoms with Crippen LogP contribution in [0.5, 0.6) is 0 Å². The van der Waals surface area contributed by atoms with Crippen LogP contribution < -0.4 is 10.2 Å². The molecule has 0 saturated carbocycles. The van der Waals surface area contributed by atoms with Gasteiger partial charge in [-0.25, -0.2) is 0 Å². The molecule has 33 heavy (non-hydrogen) atoms. The molecule has 0 aliphatic carbocycles. The SMILES string of the molecule is Cc1cccc(-n2c(SCC(=O)Nc3ccccc3SC(F)F)nnc2N2CCOCC2)c1. The third kappa shape index (κ3) is 6.04. The summed E-state index contributed by atoms with van der Waals surface area (Å²) in [6.45, 7) is 4.64. The van der Waals surface area contributed by atoms with E-state index in [0.717, 1.165) is 11.3 Å². The number of aromatic nitrogens is 3. The summed E-state index contributed by atoms with van der Waals surface area (Å²) in [4.78, 5) is 15.1. The summed E-state index contributed by atoms with van der Waals surface area (Å²) < 4.78 is 33.0. The van der Waals surface area contributed by atoms with Gasteiger partial charge in [-0.2, -0.15) is 8.78 Å². The van der Waals surface area contributed by atoms with Crippen LogP contribution in [0.25, 0.3) is 5.69 Å². The van der Waals surface area contributed by atoms with E-state index in [1.165, 1.54) is 11.8 Å². The lowest BCUT2D eigenvalue weighted by molar-refractivity contribution is -0.113. The van der Waals surface area contributed by atoms with E-state index in [1.54, 1.807) is 24.3 Å². The van der Waals surface area contributed by atoms with Gasteiger partial charge in [0.1, 0.15) is 0 Å². The molecule has 0 atom stereocenters. The molecule has 7 nitrogen and oxygen atoms in total. The van der Waals surface area contributed by atoms with Crippen molar-refractivity contribution in [1.29, 1.82) is 0 Å². The summed E-state index contributed by atoms with van der Waals surface area (Å²) in [5.74, 6) is -2.12. The van der Waals surface area contributed by atoms with Crippen molar-refractivity contribution in [2.45, 2.75) is 22.7 Å². The van der Waals surface area contributed by atoms with E-state index in [2.05, 4.69) is 20.4 Å². The summed E-state index contributed by atoms with van der Waals surface area (Å²) >= 11 is 1.65. The molecule has 2 aromatic carbocycles. The highest BCUT2D eigenvalue weighted by Crippen LogP contribution is 2.32. The minimum atomic E-state index is -2.57. The summed E-state index contributed by atoms with van der Waals surface area (Å²) in [6, 6.07) is 14.5. The van der Waals surface area contributed by atoms with E-state index in [0.29, 0.717) is 59.8 Å². The Morgan fingerprint density at radius 1 is 1.15 bits per heavy atom. The van der Waals surface area contributed by atoms with Gasteiger partial charge in [-0.1, -0.05) is 47.8 Å². The van der Waals surface area contributed by atoms with Crippen molar-refractivity contribution in [2.24, 2.45) is 0 Å². The Balaban J connectivity index is 1.52. The van der Waals surface area contributed by atoms with E-state index >= 15 is 0 Å². The van der Waals surface area contributed by atoms with Crippen LogP contribution in [0.2, 0.25) is 0 Å². The molecule has 2 heterocycles. The quantitative estimate of drug-likeness (QED) is 0.467. The number of halogens is 2. The fourth-order valence-corrected chi connectivity index (χ4v) is 4.74. The summed E-state index contributed by atoms with van der Waals surface area (Å²) in [7, 11) is 0. The fourth-order valence-electron chi connectivity index (χ4n) is 3.40. The third-order valence-corrected chi connectivity index (χ3v) is 6.60. The van der Waals surface area contributed by atoms with Gasteiger partial charge >= 0.3 is 0 Å². The van der Waals surface area contributed by atoms with Crippen LogP contribution in [0.15, 0.2) is 58.6 Å². The van der Waals surface area contributed by atoms with Crippen molar-refractivity contribution in [2.75, 3.05) is 42.3 Å². The number of alkyl halides is 2. The van der Waals surface area contributed by atoms with E-state index in [4.69, 9.17) is 4.74 Å². The average Bonchev–Trinajstić information content (AvgIpc) is 3.23. The Morgan fingerprint density at radius 2 is 1.94 bits per heavy atom. The molecule has 1 aliphatic heterocycles. The number of hydrogen-bond acceptors (Lipinski definition) is 7. The average molecular weight is 492 g/mol. The highest BCUT2D eigenvalue weighted by Gasteiger charge is 2.22. The number of thioether (sulfide) groups is 2. The van der Waals surface area contributed by atoms with Gasteiger partial charge in [-0.3, -0.25) is 9.36 Å². The minimum Gasteiger partial charge on any atom is -0.378 e. The van der Waals surface area contributed by atoms with E-state index in [1.807, 2.05) is 35.8 Å². The van der Waals surface area contributed by atoms with Gasteiger partial charge in [0.15, 0.2) is 5.16 Å². The normalized spacial score (nSPS) is 14.0. The van der Waals surface area contributed by atoms with Crippen LogP contribution in [-0.4, -0.2) is 58.5 Å². The number of para-hydroxylation sites is 1. The number of rotatable bonds is 8. The van der Waals surface area contributed by atoms with Gasteiger partial charge < -0.3 is 15.0 Å². The summed E-state index contributed by atoms with van der Waals surface area (Å²) in [6.07, 6.45) is 0. The Kier molecular flexibility index (Phi) is 7.84. The summed E-state index contributed by atoms with van der Waals surface area (Å²) in [5.41, 5.74) is 2.36. The number of aryl methyl sites for hydroxylation is 1. The maximum atomic E-state index is 12.8. The van der Waals surface area contributed by atoms with Crippen molar-refractivity contribution >= 4 is 41.1 Å². The molecular weight excluding hydrogens is 468 g/mol. The first-order valence-corrected chi connectivity index (χ1v) is 12.2. The monoisotopic (exact) mass is 491 g/mol. The number of ether oxygens (including phenoxy) is 1. The zero-order chi connectivity index (χ0) is 23.2. The Morgan fingerprint density at radius 3 is 2.70 bits per heavy atom. The first-order valence-electron chi connectivity index (χ1n) is 10.3. The molecule has 0 unspecified atom stereocenters. The number of nitrogens with zero attached hydrogens (tertiary/aromatic N) is 4. The summed E-state index contributed by atoms with van der Waals surface area (Å²) in [5, 5.41) is 12.0. The lowest BCUT2D eigenvalue weighted by Gasteiger charge is -2.28. The van der Waals surface area contributed by atoms with Crippen LogP contribution in [0.3, 0.4) is 0 Å². The fraction of sp³-hybridized carbons (Fsp3) is 0.318. The Labute approximate surface area is 198 Å². The van der Waals surface area contributed by atoms with Gasteiger partial charge in [0.2, 0.25) is 11.9 Å². The highest BCUT2D eigenvalue weighted by atomic mass is 32.2. The number of morpholine rings is 1. The molecule has 1 aromatic heterocycles. The molecule has 0 radical (unpaired) electrons. The predicted octanol–water partition coefficient (Wildman–Crippen LogP) is 4.46. The molecular formula is C22H23F2N5O2S2. The molecule has 11 heteroatoms. The first-order chi connectivity index (χ1) is 16.0. The molecule has 1 aliphatic rings. The highest BCUT2D eigenvalue weighted by molar-refractivity contribution is 8.00. The number of carbonyl (C=O) groups excluding carboxylic acids is 1. The van der Waals surface area contributed by atoms with Gasteiger partial charge in [0.05, 0.1) is 30.3 Å². The molecule has 1 N–H and O–H groups in total. The molecule has 0 spiro atoms. The Bertz CT molecular complexity index is 1110. The van der Waals surface area contributed by atoms with Crippen LogP contribution in [0, 0.1) is 6.92 Å². The Hall–Kier alpha value is -2.63. The number of nitrogens with one attached hydrogen (secondary N) is 1. The van der Waals surface area contributed by atoms with Gasteiger partial charge in [-0.15, -0.1) is 10.2 Å². The van der Waals surface area contributed by atoms with Crippen molar-refractivity contribution in [3.63, 3.8) is 0 Å². The molecule has 4 rings (SSSR count). The largest absolute Gasteiger partial charge is 0.378 e. The maximum Gasteiger partial charge on any atom is 0.288 e. The second-order valence-corrected chi connectivity index (χ2v) is 9.24. The zero-order valence-corrected chi connectivity index (χ0v) is 19.5. The standard InChI is InChI=1S/C22H23F2N5O2S2/c1-15-5-4-6-16(13-15)29-21(28-9-11-31-12-10-28)26-27-22(29)32-14-19(30)25-17-7-2-3-8-18(17)33-20(23)24/h2-8,13,20H,9-12,14H2,1H3,(H,25,30). The van der Waals surface area contributed by atoms with Crippen molar-refractivity contribution in [3.05, 3.63) is 54.1 Å². The second kappa shape index (κ2) is 11.0. The number of carbonyl (C=O) groups is 1. The first kappa shape index (κ1) is 23.5. The van der Waals surface area contributed by atoms with E-state index < -0.39 is 5.76 Å². The number of hydrogen-bond donors (Lipinski definition) is 1. The van der Waals surface area contributed by atoms with Crippen LogP contribution in [-0.2, 0) is 9.53 Å². The number of benzene rings is 2. The second-order valence-electron chi connectivity index (χ2n) is 7.27. The number of anilines is 2. The lowest BCUT2D eigenvalue weighted by atomic mass is 10.2.